The van der Waals surface area contributed by atoms with Crippen LogP contribution in [0.2, 0.25) is 0 Å². The van der Waals surface area contributed by atoms with E-state index < -0.39 is 0 Å². The molecule has 2 aromatic rings. The highest BCUT2D eigenvalue weighted by molar-refractivity contribution is 9.10. The normalized spacial score (nSPS) is 17.8. The Balaban J connectivity index is 2.20. The molecule has 0 saturated carbocycles. The van der Waals surface area contributed by atoms with Crippen LogP contribution in [0.5, 0.6) is 0 Å². The highest BCUT2D eigenvalue weighted by atomic mass is 79.9. The number of aliphatic imine (C=N–C) groups is 1. The number of H-pyrrole nitrogens is 1. The van der Waals surface area contributed by atoms with Gasteiger partial charge in [-0.3, -0.25) is 14.6 Å². The Bertz CT molecular complexity index is 775. The summed E-state index contributed by atoms with van der Waals surface area (Å²) in [6.07, 6.45) is 0. The molecule has 0 radical (unpaired) electrons. The first kappa shape index (κ1) is 14.7. The monoisotopic (exact) mass is 365 g/mol. The first-order valence-corrected chi connectivity index (χ1v) is 8.46. The zero-order valence-electron chi connectivity index (χ0n) is 12.1. The van der Waals surface area contributed by atoms with Gasteiger partial charge in [-0.05, 0) is 38.5 Å². The molecular weight excluding hydrogens is 350 g/mol. The molecule has 110 valence electrons. The highest BCUT2D eigenvalue weighted by Crippen LogP contribution is 2.44. The van der Waals surface area contributed by atoms with Crippen LogP contribution in [-0.4, -0.2) is 14.8 Å². The van der Waals surface area contributed by atoms with Gasteiger partial charge in [-0.15, -0.1) is 0 Å². The van der Waals surface area contributed by atoms with Crippen LogP contribution < -0.4 is 5.56 Å². The van der Waals surface area contributed by atoms with Crippen LogP contribution >= 0.6 is 27.7 Å². The predicted octanol–water partition coefficient (Wildman–Crippen LogP) is 4.41. The van der Waals surface area contributed by atoms with E-state index in [9.17, 15) is 4.79 Å². The number of nitrogens with one attached hydrogen (secondary N) is 1. The average Bonchev–Trinajstić information content (AvgIpc) is 2.75. The number of hydrogen-bond acceptors (Lipinski definition) is 3. The van der Waals surface area contributed by atoms with E-state index in [-0.39, 0.29) is 16.9 Å². The quantitative estimate of drug-likeness (QED) is 0.856. The Morgan fingerprint density at radius 1 is 1.43 bits per heavy atom. The summed E-state index contributed by atoms with van der Waals surface area (Å²) in [5.74, 6) is 0.760. The number of aromatic amines is 1. The molecule has 0 fully saturated rings. The molecule has 1 aliphatic heterocycles. The van der Waals surface area contributed by atoms with Crippen LogP contribution in [0.25, 0.3) is 0 Å². The summed E-state index contributed by atoms with van der Waals surface area (Å²) in [7, 11) is 0. The first-order chi connectivity index (χ1) is 9.97. The second-order valence-corrected chi connectivity index (χ2v) is 7.54. The van der Waals surface area contributed by atoms with Crippen LogP contribution in [0, 0.1) is 0 Å². The van der Waals surface area contributed by atoms with Crippen molar-refractivity contribution in [3.05, 3.63) is 50.2 Å². The molecule has 0 aliphatic carbocycles. The molecule has 0 unspecified atom stereocenters. The lowest BCUT2D eigenvalue weighted by Crippen LogP contribution is -2.13. The van der Waals surface area contributed by atoms with Crippen LogP contribution in [0.3, 0.4) is 0 Å². The molecule has 0 amide bonds. The summed E-state index contributed by atoms with van der Waals surface area (Å²) >= 11 is 5.13. The molecule has 4 nitrogen and oxygen atoms in total. The van der Waals surface area contributed by atoms with Gasteiger partial charge in [-0.1, -0.05) is 39.8 Å². The van der Waals surface area contributed by atoms with E-state index >= 15 is 0 Å². The predicted molar refractivity (Wildman–Crippen MR) is 91.8 cm³/mol. The largest absolute Gasteiger partial charge is 0.271 e. The van der Waals surface area contributed by atoms with Gasteiger partial charge in [0, 0.05) is 10.5 Å². The standard InChI is InChI=1S/C15H16BrN3OS/c1-8(2)19-14-12(15(20)18-19)13(21-9(3)17-14)10-5-4-6-11(16)7-10/h4-8,13H,1-3H3,(H,18,20)/t13-/m1/s1. The third kappa shape index (κ3) is 2.62. The fourth-order valence-electron chi connectivity index (χ4n) is 2.49. The molecule has 1 aliphatic rings. The van der Waals surface area contributed by atoms with Crippen molar-refractivity contribution >= 4 is 38.6 Å². The maximum atomic E-state index is 12.4. The van der Waals surface area contributed by atoms with E-state index in [4.69, 9.17) is 0 Å². The van der Waals surface area contributed by atoms with Crippen molar-refractivity contribution in [2.45, 2.75) is 32.1 Å². The SMILES string of the molecule is CC1=Nc2c(c(=O)[nH]n2C(C)C)[C@@H](c2cccc(Br)c2)S1. The Kier molecular flexibility index (Phi) is 3.84. The van der Waals surface area contributed by atoms with E-state index in [1.165, 1.54) is 0 Å². The summed E-state index contributed by atoms with van der Waals surface area (Å²) in [6, 6.07) is 8.27. The Morgan fingerprint density at radius 3 is 2.86 bits per heavy atom. The lowest BCUT2D eigenvalue weighted by atomic mass is 10.1. The molecule has 0 spiro atoms. The van der Waals surface area contributed by atoms with Crippen molar-refractivity contribution < 1.29 is 0 Å². The summed E-state index contributed by atoms with van der Waals surface area (Å²) in [4.78, 5) is 17.0. The molecule has 2 heterocycles. The van der Waals surface area contributed by atoms with Gasteiger partial charge in [0.15, 0.2) is 5.82 Å². The van der Waals surface area contributed by atoms with Crippen LogP contribution in [0.15, 0.2) is 38.5 Å². The minimum atomic E-state index is -0.0487. The second kappa shape index (κ2) is 5.50. The Hall–Kier alpha value is -1.27. The number of nitrogens with zero attached hydrogens (tertiary/aromatic N) is 2. The van der Waals surface area contributed by atoms with Gasteiger partial charge >= 0.3 is 0 Å². The van der Waals surface area contributed by atoms with E-state index in [1.54, 1.807) is 11.8 Å². The Morgan fingerprint density at radius 2 is 2.19 bits per heavy atom. The second-order valence-electron chi connectivity index (χ2n) is 5.33. The lowest BCUT2D eigenvalue weighted by Gasteiger charge is -2.21. The van der Waals surface area contributed by atoms with Gasteiger partial charge in [0.25, 0.3) is 5.56 Å². The molecule has 21 heavy (non-hydrogen) atoms. The number of fused-ring (bicyclic) bond motifs is 1. The zero-order chi connectivity index (χ0) is 15.1. The summed E-state index contributed by atoms with van der Waals surface area (Å²) in [5.41, 5.74) is 1.81. The van der Waals surface area contributed by atoms with Crippen molar-refractivity contribution in [3.8, 4) is 0 Å². The lowest BCUT2D eigenvalue weighted by molar-refractivity contribution is 0.533. The zero-order valence-corrected chi connectivity index (χ0v) is 14.5. The molecule has 0 bridgehead atoms. The molecule has 0 saturated heterocycles. The number of benzene rings is 1. The van der Waals surface area contributed by atoms with E-state index in [0.29, 0.717) is 0 Å². The van der Waals surface area contributed by atoms with Crippen molar-refractivity contribution in [1.29, 1.82) is 0 Å². The fourth-order valence-corrected chi connectivity index (χ4v) is 4.00. The highest BCUT2D eigenvalue weighted by Gasteiger charge is 2.30. The maximum Gasteiger partial charge on any atom is 0.271 e. The summed E-state index contributed by atoms with van der Waals surface area (Å²) in [6.45, 7) is 6.06. The minimum absolute atomic E-state index is 0.0150. The van der Waals surface area contributed by atoms with E-state index in [1.807, 2.05) is 37.6 Å². The van der Waals surface area contributed by atoms with E-state index in [2.05, 4.69) is 38.2 Å². The molecule has 1 aromatic carbocycles. The molecule has 1 N–H and O–H groups in total. The van der Waals surface area contributed by atoms with Gasteiger partial charge < -0.3 is 0 Å². The molecule has 1 atom stereocenters. The van der Waals surface area contributed by atoms with Gasteiger partial charge in [-0.2, -0.15) is 0 Å². The van der Waals surface area contributed by atoms with Crippen molar-refractivity contribution in [1.82, 2.24) is 9.78 Å². The van der Waals surface area contributed by atoms with Crippen LogP contribution in [-0.2, 0) is 0 Å². The Labute approximate surface area is 135 Å². The van der Waals surface area contributed by atoms with Gasteiger partial charge in [-0.25, -0.2) is 4.99 Å². The van der Waals surface area contributed by atoms with Crippen molar-refractivity contribution in [2.24, 2.45) is 4.99 Å². The maximum absolute atomic E-state index is 12.4. The average molecular weight is 366 g/mol. The molecule has 1 aromatic heterocycles. The smallest absolute Gasteiger partial charge is 0.268 e. The number of aromatic nitrogens is 2. The third-order valence-corrected chi connectivity index (χ3v) is 5.09. The van der Waals surface area contributed by atoms with Gasteiger partial charge in [0.2, 0.25) is 0 Å². The van der Waals surface area contributed by atoms with E-state index in [0.717, 1.165) is 26.5 Å². The molecule has 6 heteroatoms. The number of thioether (sulfide) groups is 1. The van der Waals surface area contributed by atoms with Crippen LogP contribution in [0.1, 0.15) is 43.2 Å². The van der Waals surface area contributed by atoms with Crippen molar-refractivity contribution in [2.75, 3.05) is 0 Å². The number of halogens is 1. The third-order valence-electron chi connectivity index (χ3n) is 3.42. The number of hydrogen-bond donors (Lipinski definition) is 1. The minimum Gasteiger partial charge on any atom is -0.268 e. The fraction of sp³-hybridized carbons (Fsp3) is 0.333. The van der Waals surface area contributed by atoms with Gasteiger partial charge in [0.05, 0.1) is 15.9 Å². The molecular formula is C15H16BrN3OS. The summed E-state index contributed by atoms with van der Waals surface area (Å²) in [5, 5.41) is 3.88. The van der Waals surface area contributed by atoms with Crippen molar-refractivity contribution in [3.63, 3.8) is 0 Å². The first-order valence-electron chi connectivity index (χ1n) is 6.79. The molecule has 3 rings (SSSR count). The number of rotatable bonds is 2. The van der Waals surface area contributed by atoms with Gasteiger partial charge in [0.1, 0.15) is 0 Å². The topological polar surface area (TPSA) is 50.1 Å². The summed E-state index contributed by atoms with van der Waals surface area (Å²) < 4.78 is 2.87. The van der Waals surface area contributed by atoms with Crippen LogP contribution in [0.4, 0.5) is 5.82 Å².